The third-order valence-corrected chi connectivity index (χ3v) is 3.10. The Hall–Kier alpha value is -2.27. The molecule has 0 aliphatic carbocycles. The Morgan fingerprint density at radius 3 is 2.43 bits per heavy atom. The van der Waals surface area contributed by atoms with Crippen LogP contribution in [0.5, 0.6) is 0 Å². The van der Waals surface area contributed by atoms with Gasteiger partial charge in [0.25, 0.3) is 0 Å². The first-order chi connectivity index (χ1) is 10.2. The van der Waals surface area contributed by atoms with Crippen molar-refractivity contribution in [3.63, 3.8) is 0 Å². The first kappa shape index (κ1) is 15.1. The molecule has 2 aromatic carbocycles. The maximum Gasteiger partial charge on any atom is 0.171 e. The molecule has 0 spiro atoms. The fraction of sp³-hybridized carbons (Fsp3) is 0.125. The van der Waals surface area contributed by atoms with E-state index >= 15 is 0 Å². The number of nitrogens with one attached hydrogen (secondary N) is 2. The number of hydrogen-bond donors (Lipinski definition) is 2. The van der Waals surface area contributed by atoms with Gasteiger partial charge in [0.2, 0.25) is 0 Å². The average molecular weight is 302 g/mol. The van der Waals surface area contributed by atoms with E-state index in [9.17, 15) is 9.18 Å². The lowest BCUT2D eigenvalue weighted by molar-refractivity contribution is -0.109. The van der Waals surface area contributed by atoms with E-state index in [0.29, 0.717) is 17.2 Å². The second kappa shape index (κ2) is 7.50. The predicted molar refractivity (Wildman–Crippen MR) is 85.8 cm³/mol. The first-order valence-corrected chi connectivity index (χ1v) is 6.90. The molecule has 2 rings (SSSR count). The van der Waals surface area contributed by atoms with Gasteiger partial charge in [-0.25, -0.2) is 4.39 Å². The number of halogens is 1. The van der Waals surface area contributed by atoms with Gasteiger partial charge in [-0.15, -0.1) is 0 Å². The minimum absolute atomic E-state index is 0.311. The van der Waals surface area contributed by atoms with E-state index in [2.05, 4.69) is 10.6 Å². The Morgan fingerprint density at radius 2 is 1.81 bits per heavy atom. The number of aldehydes is 1. The van der Waals surface area contributed by atoms with E-state index in [1.807, 2.05) is 30.3 Å². The van der Waals surface area contributed by atoms with Crippen molar-refractivity contribution in [2.45, 2.75) is 12.5 Å². The molecule has 0 heterocycles. The third kappa shape index (κ3) is 4.96. The van der Waals surface area contributed by atoms with Crippen LogP contribution in [-0.2, 0) is 11.2 Å². The van der Waals surface area contributed by atoms with Crippen molar-refractivity contribution in [2.24, 2.45) is 0 Å². The summed E-state index contributed by atoms with van der Waals surface area (Å²) in [4.78, 5) is 11.1. The summed E-state index contributed by atoms with van der Waals surface area (Å²) in [6.07, 6.45) is 1.38. The number of hydrogen-bond acceptors (Lipinski definition) is 2. The molecule has 0 radical (unpaired) electrons. The van der Waals surface area contributed by atoms with Crippen LogP contribution in [0.3, 0.4) is 0 Å². The van der Waals surface area contributed by atoms with E-state index < -0.39 is 6.04 Å². The molecule has 0 bridgehead atoms. The molecule has 0 aliphatic heterocycles. The largest absolute Gasteiger partial charge is 0.353 e. The van der Waals surface area contributed by atoms with Gasteiger partial charge in [0.15, 0.2) is 5.11 Å². The number of carbonyl (C=O) groups excluding carboxylic acids is 1. The SMILES string of the molecule is O=C[C@@H](Cc1ccccc1)NC(=S)Nc1ccc(F)cc1. The van der Waals surface area contributed by atoms with Gasteiger partial charge in [-0.1, -0.05) is 30.3 Å². The second-order valence-electron chi connectivity index (χ2n) is 4.54. The van der Waals surface area contributed by atoms with Crippen LogP contribution in [0, 0.1) is 5.82 Å². The zero-order valence-corrected chi connectivity index (χ0v) is 12.1. The Kier molecular flexibility index (Phi) is 5.40. The molecule has 0 amide bonds. The highest BCUT2D eigenvalue weighted by Crippen LogP contribution is 2.08. The highest BCUT2D eigenvalue weighted by atomic mass is 32.1. The van der Waals surface area contributed by atoms with Gasteiger partial charge in [-0.3, -0.25) is 0 Å². The monoisotopic (exact) mass is 302 g/mol. The quantitative estimate of drug-likeness (QED) is 0.658. The molecule has 0 aliphatic rings. The van der Waals surface area contributed by atoms with Crippen LogP contribution < -0.4 is 10.6 Å². The van der Waals surface area contributed by atoms with Crippen molar-refractivity contribution in [1.82, 2.24) is 5.32 Å². The van der Waals surface area contributed by atoms with Crippen LogP contribution in [0.2, 0.25) is 0 Å². The molecule has 2 aromatic rings. The molecular formula is C16H15FN2OS. The van der Waals surface area contributed by atoms with Gasteiger partial charge in [0.1, 0.15) is 12.1 Å². The summed E-state index contributed by atoms with van der Waals surface area (Å²) in [6.45, 7) is 0. The van der Waals surface area contributed by atoms with Crippen LogP contribution in [0.15, 0.2) is 54.6 Å². The summed E-state index contributed by atoms with van der Waals surface area (Å²) < 4.78 is 12.8. The summed E-state index contributed by atoms with van der Waals surface area (Å²) in [5.41, 5.74) is 1.71. The van der Waals surface area contributed by atoms with Crippen LogP contribution >= 0.6 is 12.2 Å². The van der Waals surface area contributed by atoms with Gasteiger partial charge in [-0.05, 0) is 48.5 Å². The molecular weight excluding hydrogens is 287 g/mol. The Morgan fingerprint density at radius 1 is 1.14 bits per heavy atom. The number of benzene rings is 2. The van der Waals surface area contributed by atoms with Crippen LogP contribution in [0.25, 0.3) is 0 Å². The number of rotatable bonds is 5. The molecule has 1 atom stereocenters. The molecule has 3 nitrogen and oxygen atoms in total. The fourth-order valence-corrected chi connectivity index (χ4v) is 2.14. The van der Waals surface area contributed by atoms with Crippen molar-refractivity contribution in [2.75, 3.05) is 5.32 Å². The van der Waals surface area contributed by atoms with E-state index in [1.165, 1.54) is 12.1 Å². The number of anilines is 1. The maximum atomic E-state index is 12.8. The van der Waals surface area contributed by atoms with Gasteiger partial charge < -0.3 is 15.4 Å². The highest BCUT2D eigenvalue weighted by molar-refractivity contribution is 7.80. The van der Waals surface area contributed by atoms with Gasteiger partial charge in [-0.2, -0.15) is 0 Å². The van der Waals surface area contributed by atoms with Gasteiger partial charge in [0, 0.05) is 5.69 Å². The third-order valence-electron chi connectivity index (χ3n) is 2.88. The Bertz CT molecular complexity index is 601. The van der Waals surface area contributed by atoms with Crippen molar-refractivity contribution in [1.29, 1.82) is 0 Å². The molecule has 0 saturated carbocycles. The summed E-state index contributed by atoms with van der Waals surface area (Å²) in [5.74, 6) is -0.311. The zero-order valence-electron chi connectivity index (χ0n) is 11.3. The highest BCUT2D eigenvalue weighted by Gasteiger charge is 2.09. The second-order valence-corrected chi connectivity index (χ2v) is 4.95. The van der Waals surface area contributed by atoms with Crippen LogP contribution in [0.4, 0.5) is 10.1 Å². The normalized spacial score (nSPS) is 11.5. The first-order valence-electron chi connectivity index (χ1n) is 6.49. The van der Waals surface area contributed by atoms with E-state index in [4.69, 9.17) is 12.2 Å². The lowest BCUT2D eigenvalue weighted by Gasteiger charge is -2.16. The lowest BCUT2D eigenvalue weighted by Crippen LogP contribution is -2.40. The molecule has 5 heteroatoms. The Labute approximate surface area is 128 Å². The summed E-state index contributed by atoms with van der Waals surface area (Å²) in [7, 11) is 0. The Balaban J connectivity index is 1.90. The van der Waals surface area contributed by atoms with Gasteiger partial charge >= 0.3 is 0 Å². The summed E-state index contributed by atoms with van der Waals surface area (Å²) in [5, 5.41) is 6.18. The van der Waals surface area contributed by atoms with E-state index in [1.54, 1.807) is 12.1 Å². The molecule has 0 aromatic heterocycles. The van der Waals surface area contributed by atoms with E-state index in [-0.39, 0.29) is 5.82 Å². The summed E-state index contributed by atoms with van der Waals surface area (Å²) >= 11 is 5.15. The standard InChI is InChI=1S/C16H15FN2OS/c17-13-6-8-14(9-7-13)18-16(21)19-15(11-20)10-12-4-2-1-3-5-12/h1-9,11,15H,10H2,(H2,18,19,21)/t15-/m1/s1. The minimum Gasteiger partial charge on any atom is -0.353 e. The van der Waals surface area contributed by atoms with Crippen molar-refractivity contribution >= 4 is 29.3 Å². The lowest BCUT2D eigenvalue weighted by atomic mass is 10.1. The molecule has 108 valence electrons. The summed E-state index contributed by atoms with van der Waals surface area (Å²) in [6, 6.07) is 15.1. The minimum atomic E-state index is -0.409. The molecule has 2 N–H and O–H groups in total. The predicted octanol–water partition coefficient (Wildman–Crippen LogP) is 2.92. The number of carbonyl (C=O) groups is 1. The van der Waals surface area contributed by atoms with Crippen molar-refractivity contribution in [3.05, 3.63) is 66.0 Å². The van der Waals surface area contributed by atoms with Gasteiger partial charge in [0.05, 0.1) is 6.04 Å². The van der Waals surface area contributed by atoms with E-state index in [0.717, 1.165) is 11.8 Å². The molecule has 0 fully saturated rings. The zero-order chi connectivity index (χ0) is 15.1. The van der Waals surface area contributed by atoms with Crippen LogP contribution in [0.1, 0.15) is 5.56 Å². The smallest absolute Gasteiger partial charge is 0.171 e. The van der Waals surface area contributed by atoms with Crippen molar-refractivity contribution < 1.29 is 9.18 Å². The average Bonchev–Trinajstić information content (AvgIpc) is 2.50. The van der Waals surface area contributed by atoms with Crippen molar-refractivity contribution in [3.8, 4) is 0 Å². The molecule has 0 unspecified atom stereocenters. The van der Waals surface area contributed by atoms with Crippen LogP contribution in [-0.4, -0.2) is 17.4 Å². The fourth-order valence-electron chi connectivity index (χ4n) is 1.87. The topological polar surface area (TPSA) is 41.1 Å². The molecule has 0 saturated heterocycles. The molecule has 21 heavy (non-hydrogen) atoms. The number of thiocarbonyl (C=S) groups is 1. The maximum absolute atomic E-state index is 12.8.